The van der Waals surface area contributed by atoms with Gasteiger partial charge in [-0.1, -0.05) is 19.9 Å². The molecule has 1 aromatic heterocycles. The summed E-state index contributed by atoms with van der Waals surface area (Å²) in [5, 5.41) is 10.4. The molecule has 0 spiro atoms. The van der Waals surface area contributed by atoms with Gasteiger partial charge in [-0.2, -0.15) is 0 Å². The van der Waals surface area contributed by atoms with Gasteiger partial charge >= 0.3 is 5.97 Å². The lowest BCUT2D eigenvalue weighted by molar-refractivity contribution is -0.143. The van der Waals surface area contributed by atoms with Crippen LogP contribution in [0.25, 0.3) is 0 Å². The molecule has 0 amide bonds. The fraction of sp³-hybridized carbons (Fsp3) is 0.667. The van der Waals surface area contributed by atoms with Gasteiger partial charge in [-0.05, 0) is 67.4 Å². The number of aryl methyl sites for hydroxylation is 1. The highest BCUT2D eigenvalue weighted by molar-refractivity contribution is 5.90. The van der Waals surface area contributed by atoms with E-state index in [1.54, 1.807) is 6.26 Å². The summed E-state index contributed by atoms with van der Waals surface area (Å²) in [4.78, 5) is 12.4. The average molecular weight is 346 g/mol. The van der Waals surface area contributed by atoms with Gasteiger partial charge in [0.05, 0.1) is 26.2 Å². The Hall–Kier alpha value is -1.55. The van der Waals surface area contributed by atoms with Gasteiger partial charge in [0.2, 0.25) is 0 Å². The number of aliphatic hydroxyl groups is 1. The number of aliphatic hydroxyl groups excluding tert-OH is 1. The molecular weight excluding hydrogens is 316 g/mol. The van der Waals surface area contributed by atoms with E-state index >= 15 is 0 Å². The van der Waals surface area contributed by atoms with Crippen molar-refractivity contribution in [1.29, 1.82) is 0 Å². The first kappa shape index (κ1) is 18.2. The molecule has 1 unspecified atom stereocenters. The molecule has 25 heavy (non-hydrogen) atoms. The summed E-state index contributed by atoms with van der Waals surface area (Å²) in [5.41, 5.74) is 1.54. The number of hydrogen-bond acceptors (Lipinski definition) is 4. The lowest BCUT2D eigenvalue weighted by atomic mass is 9.46. The number of rotatable bonds is 5. The van der Waals surface area contributed by atoms with Gasteiger partial charge in [-0.25, -0.2) is 4.79 Å². The molecule has 138 valence electrons. The van der Waals surface area contributed by atoms with Crippen LogP contribution in [0, 0.1) is 22.7 Å². The molecule has 1 N–H and O–H groups in total. The van der Waals surface area contributed by atoms with Gasteiger partial charge in [0.15, 0.2) is 0 Å². The highest BCUT2D eigenvalue weighted by atomic mass is 16.5. The maximum absolute atomic E-state index is 12.4. The Kier molecular flexibility index (Phi) is 5.10. The van der Waals surface area contributed by atoms with E-state index in [1.807, 2.05) is 18.4 Å². The molecule has 4 atom stereocenters. The van der Waals surface area contributed by atoms with E-state index in [1.165, 1.54) is 12.7 Å². The summed E-state index contributed by atoms with van der Waals surface area (Å²) in [6.07, 6.45) is 11.3. The standard InChI is InChI=1S/C21H30O4/c1-15-7-11-21(14-22)17(19(23)24-3)5-4-6-18(21)20(15,2)10-8-16-9-12-25-13-16/h5,9,12-13,15,18,22H,4,6-8,10-11,14H2,1-3H3/t15-,18?,20+,21-/m1/s1. The highest BCUT2D eigenvalue weighted by Gasteiger charge is 2.57. The normalized spacial score (nSPS) is 35.0. The second-order valence-corrected chi connectivity index (χ2v) is 8.13. The molecule has 1 fully saturated rings. The second kappa shape index (κ2) is 6.99. The van der Waals surface area contributed by atoms with Crippen LogP contribution in [-0.4, -0.2) is 24.8 Å². The zero-order chi connectivity index (χ0) is 18.1. The Labute approximate surface area is 150 Å². The lowest BCUT2D eigenvalue weighted by Gasteiger charge is -2.58. The minimum atomic E-state index is -0.455. The van der Waals surface area contributed by atoms with E-state index in [2.05, 4.69) is 13.8 Å². The third-order valence-corrected chi connectivity index (χ3v) is 7.17. The molecule has 1 saturated carbocycles. The first-order valence-electron chi connectivity index (χ1n) is 9.39. The Bertz CT molecular complexity index is 632. The molecular formula is C21H30O4. The number of ether oxygens (including phenoxy) is 1. The van der Waals surface area contributed by atoms with Crippen molar-refractivity contribution in [2.45, 2.75) is 52.4 Å². The van der Waals surface area contributed by atoms with Crippen molar-refractivity contribution in [2.75, 3.05) is 13.7 Å². The van der Waals surface area contributed by atoms with E-state index in [4.69, 9.17) is 9.15 Å². The summed E-state index contributed by atoms with van der Waals surface area (Å²) in [6, 6.07) is 2.02. The maximum atomic E-state index is 12.4. The first-order valence-corrected chi connectivity index (χ1v) is 9.39. The summed E-state index contributed by atoms with van der Waals surface area (Å²) in [5.74, 6) is 0.575. The maximum Gasteiger partial charge on any atom is 0.334 e. The van der Waals surface area contributed by atoms with Crippen molar-refractivity contribution in [1.82, 2.24) is 0 Å². The molecule has 4 heteroatoms. The Morgan fingerprint density at radius 3 is 2.88 bits per heavy atom. The zero-order valence-corrected chi connectivity index (χ0v) is 15.6. The SMILES string of the molecule is COC(=O)C1=CCCC2[C@@]1(CO)CC[C@@H](C)[C@]2(C)CCc1ccoc1. The van der Waals surface area contributed by atoms with E-state index in [9.17, 15) is 9.90 Å². The quantitative estimate of drug-likeness (QED) is 0.814. The van der Waals surface area contributed by atoms with Gasteiger partial charge in [-0.3, -0.25) is 0 Å². The van der Waals surface area contributed by atoms with Crippen molar-refractivity contribution in [3.05, 3.63) is 35.8 Å². The molecule has 2 aliphatic carbocycles. The molecule has 1 aromatic rings. The van der Waals surface area contributed by atoms with Crippen LogP contribution in [0.2, 0.25) is 0 Å². The number of carbonyl (C=O) groups is 1. The van der Waals surface area contributed by atoms with E-state index < -0.39 is 5.41 Å². The zero-order valence-electron chi connectivity index (χ0n) is 15.6. The number of fused-ring (bicyclic) bond motifs is 1. The topological polar surface area (TPSA) is 59.7 Å². The first-order chi connectivity index (χ1) is 12.0. The third kappa shape index (κ3) is 2.95. The molecule has 0 saturated heterocycles. The van der Waals surface area contributed by atoms with Crippen molar-refractivity contribution < 1.29 is 19.1 Å². The van der Waals surface area contributed by atoms with Crippen LogP contribution in [0.4, 0.5) is 0 Å². The minimum Gasteiger partial charge on any atom is -0.472 e. The molecule has 3 rings (SSSR count). The second-order valence-electron chi connectivity index (χ2n) is 8.13. The van der Waals surface area contributed by atoms with Crippen LogP contribution >= 0.6 is 0 Å². The van der Waals surface area contributed by atoms with Gasteiger partial charge in [0.25, 0.3) is 0 Å². The largest absolute Gasteiger partial charge is 0.472 e. The lowest BCUT2D eigenvalue weighted by Crippen LogP contribution is -2.54. The smallest absolute Gasteiger partial charge is 0.334 e. The number of carbonyl (C=O) groups excluding carboxylic acids is 1. The van der Waals surface area contributed by atoms with Crippen molar-refractivity contribution >= 4 is 5.97 Å². The predicted molar refractivity (Wildman–Crippen MR) is 95.9 cm³/mol. The number of furan rings is 1. The third-order valence-electron chi connectivity index (χ3n) is 7.17. The molecule has 0 aliphatic heterocycles. The predicted octanol–water partition coefficient (Wildman–Crippen LogP) is 4.14. The Morgan fingerprint density at radius 1 is 1.44 bits per heavy atom. The Morgan fingerprint density at radius 2 is 2.24 bits per heavy atom. The highest BCUT2D eigenvalue weighted by Crippen LogP contribution is 2.61. The minimum absolute atomic E-state index is 0.0205. The van der Waals surface area contributed by atoms with E-state index in [-0.39, 0.29) is 18.0 Å². The van der Waals surface area contributed by atoms with Crippen LogP contribution in [0.1, 0.15) is 51.5 Å². The van der Waals surface area contributed by atoms with Crippen LogP contribution in [0.5, 0.6) is 0 Å². The molecule has 0 aromatic carbocycles. The van der Waals surface area contributed by atoms with Gasteiger partial charge in [0.1, 0.15) is 0 Å². The van der Waals surface area contributed by atoms with Crippen molar-refractivity contribution in [3.63, 3.8) is 0 Å². The van der Waals surface area contributed by atoms with Crippen LogP contribution in [-0.2, 0) is 16.0 Å². The molecule has 0 radical (unpaired) electrons. The number of esters is 1. The summed E-state index contributed by atoms with van der Waals surface area (Å²) < 4.78 is 10.3. The van der Waals surface area contributed by atoms with Crippen LogP contribution < -0.4 is 0 Å². The van der Waals surface area contributed by atoms with Gasteiger partial charge < -0.3 is 14.3 Å². The molecule has 0 bridgehead atoms. The van der Waals surface area contributed by atoms with Crippen LogP contribution in [0.15, 0.2) is 34.7 Å². The van der Waals surface area contributed by atoms with Crippen LogP contribution in [0.3, 0.4) is 0 Å². The summed E-state index contributed by atoms with van der Waals surface area (Å²) in [6.45, 7) is 4.70. The Balaban J connectivity index is 1.93. The molecule has 4 nitrogen and oxygen atoms in total. The monoisotopic (exact) mass is 346 g/mol. The summed E-state index contributed by atoms with van der Waals surface area (Å²) in [7, 11) is 1.43. The van der Waals surface area contributed by atoms with E-state index in [0.29, 0.717) is 17.4 Å². The van der Waals surface area contributed by atoms with Gasteiger partial charge in [-0.15, -0.1) is 0 Å². The number of methoxy groups -OCH3 is 1. The number of hydrogen-bond donors (Lipinski definition) is 1. The molecule has 1 heterocycles. The van der Waals surface area contributed by atoms with Crippen molar-refractivity contribution in [3.8, 4) is 0 Å². The number of allylic oxidation sites excluding steroid dienone is 1. The van der Waals surface area contributed by atoms with Crippen molar-refractivity contribution in [2.24, 2.45) is 22.7 Å². The summed E-state index contributed by atoms with van der Waals surface area (Å²) >= 11 is 0. The average Bonchev–Trinajstić information content (AvgIpc) is 3.16. The fourth-order valence-corrected chi connectivity index (χ4v) is 5.42. The van der Waals surface area contributed by atoms with Gasteiger partial charge in [0, 0.05) is 11.0 Å². The fourth-order valence-electron chi connectivity index (χ4n) is 5.42. The molecule has 2 aliphatic rings. The van der Waals surface area contributed by atoms with E-state index in [0.717, 1.165) is 38.5 Å².